The first kappa shape index (κ1) is 14.8. The molecule has 0 aliphatic carbocycles. The van der Waals surface area contributed by atoms with Crippen molar-refractivity contribution in [3.05, 3.63) is 11.9 Å². The van der Waals surface area contributed by atoms with Gasteiger partial charge < -0.3 is 10.6 Å². The lowest BCUT2D eigenvalue weighted by molar-refractivity contribution is 0.962. The largest absolute Gasteiger partial charge is 0.370 e. The van der Waals surface area contributed by atoms with Crippen LogP contribution < -0.4 is 10.6 Å². The number of nitrogens with one attached hydrogen (secondary N) is 2. The van der Waals surface area contributed by atoms with Crippen molar-refractivity contribution in [3.8, 4) is 0 Å². The van der Waals surface area contributed by atoms with Crippen LogP contribution in [0.4, 0.5) is 11.6 Å². The van der Waals surface area contributed by atoms with Crippen molar-refractivity contribution in [2.75, 3.05) is 41.0 Å². The summed E-state index contributed by atoms with van der Waals surface area (Å²) in [6.07, 6.45) is 2.58. The fraction of sp³-hybridized carbons (Fsp3) is 0.692. The summed E-state index contributed by atoms with van der Waals surface area (Å²) in [6.45, 7) is 6.12. The minimum atomic E-state index is 0.695. The van der Waals surface area contributed by atoms with Crippen molar-refractivity contribution in [3.63, 3.8) is 0 Å². The van der Waals surface area contributed by atoms with Crippen LogP contribution in [0.3, 0.4) is 0 Å². The topological polar surface area (TPSA) is 49.8 Å². The highest BCUT2D eigenvalue weighted by atomic mass is 32.2. The zero-order chi connectivity index (χ0) is 13.5. The molecule has 1 fully saturated rings. The molecular weight excluding hydrogens is 276 g/mol. The van der Waals surface area contributed by atoms with Crippen LogP contribution in [0.1, 0.15) is 19.4 Å². The number of aromatic nitrogens is 2. The third kappa shape index (κ3) is 4.18. The first-order chi connectivity index (χ1) is 9.35. The lowest BCUT2D eigenvalue weighted by Crippen LogP contribution is -2.24. The molecule has 1 unspecified atom stereocenters. The Morgan fingerprint density at radius 3 is 2.63 bits per heavy atom. The summed E-state index contributed by atoms with van der Waals surface area (Å²) < 4.78 is 0. The van der Waals surface area contributed by atoms with Gasteiger partial charge in [-0.25, -0.2) is 9.97 Å². The summed E-state index contributed by atoms with van der Waals surface area (Å²) in [5, 5.41) is 7.51. The van der Waals surface area contributed by atoms with E-state index in [9.17, 15) is 0 Å². The maximum Gasteiger partial charge on any atom is 0.134 e. The molecule has 0 bridgehead atoms. The van der Waals surface area contributed by atoms with Crippen LogP contribution in [-0.4, -0.2) is 45.6 Å². The van der Waals surface area contributed by atoms with E-state index in [1.54, 1.807) is 6.33 Å². The molecule has 2 rings (SSSR count). The van der Waals surface area contributed by atoms with Crippen LogP contribution >= 0.6 is 23.5 Å². The molecule has 106 valence electrons. The Bertz CT molecular complexity index is 394. The van der Waals surface area contributed by atoms with Crippen molar-refractivity contribution < 1.29 is 0 Å². The fourth-order valence-corrected chi connectivity index (χ4v) is 4.70. The molecule has 6 heteroatoms. The third-order valence-corrected chi connectivity index (χ3v) is 5.87. The van der Waals surface area contributed by atoms with E-state index in [1.165, 1.54) is 22.8 Å². The van der Waals surface area contributed by atoms with Crippen LogP contribution in [0.15, 0.2) is 6.33 Å². The van der Waals surface area contributed by atoms with Crippen molar-refractivity contribution in [1.82, 2.24) is 9.97 Å². The molecule has 0 spiro atoms. The van der Waals surface area contributed by atoms with Crippen LogP contribution in [0.25, 0.3) is 0 Å². The predicted molar refractivity (Wildman–Crippen MR) is 87.6 cm³/mol. The number of nitrogens with zero attached hydrogens (tertiary/aromatic N) is 2. The lowest BCUT2D eigenvalue weighted by Gasteiger charge is -2.22. The number of hydrogen-bond donors (Lipinski definition) is 2. The molecule has 19 heavy (non-hydrogen) atoms. The van der Waals surface area contributed by atoms with Crippen LogP contribution in [0.5, 0.6) is 0 Å². The Balaban J connectivity index is 2.00. The molecule has 2 heterocycles. The molecule has 1 saturated heterocycles. The molecular formula is C13H22N4S2. The number of rotatable bonds is 6. The molecule has 1 aromatic heterocycles. The van der Waals surface area contributed by atoms with Gasteiger partial charge in [-0.15, -0.1) is 0 Å². The average Bonchev–Trinajstić information content (AvgIpc) is 2.46. The number of thioether (sulfide) groups is 2. The van der Waals surface area contributed by atoms with Gasteiger partial charge in [0.05, 0.1) is 0 Å². The van der Waals surface area contributed by atoms with Gasteiger partial charge in [0.2, 0.25) is 0 Å². The Morgan fingerprint density at radius 1 is 1.21 bits per heavy atom. The zero-order valence-corrected chi connectivity index (χ0v) is 13.2. The Kier molecular flexibility index (Phi) is 6.10. The van der Waals surface area contributed by atoms with E-state index >= 15 is 0 Å². The molecule has 0 aromatic carbocycles. The van der Waals surface area contributed by atoms with Crippen LogP contribution in [0.2, 0.25) is 0 Å². The van der Waals surface area contributed by atoms with E-state index in [2.05, 4.69) is 58.0 Å². The lowest BCUT2D eigenvalue weighted by atomic mass is 10.2. The predicted octanol–water partition coefficient (Wildman–Crippen LogP) is 2.73. The second-order valence-electron chi connectivity index (χ2n) is 4.38. The molecule has 2 N–H and O–H groups in total. The Hall–Kier alpha value is -0.620. The van der Waals surface area contributed by atoms with Crippen LogP contribution in [0, 0.1) is 0 Å². The molecule has 0 saturated carbocycles. The first-order valence-corrected chi connectivity index (χ1v) is 9.06. The maximum absolute atomic E-state index is 4.40. The minimum absolute atomic E-state index is 0.695. The fourth-order valence-electron chi connectivity index (χ4n) is 2.08. The Morgan fingerprint density at radius 2 is 2.00 bits per heavy atom. The van der Waals surface area contributed by atoms with E-state index in [0.717, 1.165) is 31.1 Å². The van der Waals surface area contributed by atoms with Crippen molar-refractivity contribution in [1.29, 1.82) is 0 Å². The maximum atomic E-state index is 4.40. The molecule has 0 amide bonds. The summed E-state index contributed by atoms with van der Waals surface area (Å²) in [5.41, 5.74) is 1.19. The molecule has 1 aliphatic heterocycles. The third-order valence-electron chi connectivity index (χ3n) is 3.03. The van der Waals surface area contributed by atoms with E-state index in [4.69, 9.17) is 0 Å². The van der Waals surface area contributed by atoms with E-state index < -0.39 is 0 Å². The Labute approximate surface area is 123 Å². The van der Waals surface area contributed by atoms with Gasteiger partial charge in [0.1, 0.15) is 18.0 Å². The van der Waals surface area contributed by atoms with Gasteiger partial charge >= 0.3 is 0 Å². The normalized spacial score (nSPS) is 19.2. The van der Waals surface area contributed by atoms with Crippen molar-refractivity contribution in [2.45, 2.75) is 25.5 Å². The van der Waals surface area contributed by atoms with E-state index in [1.807, 2.05) is 0 Å². The van der Waals surface area contributed by atoms with Gasteiger partial charge in [0, 0.05) is 41.2 Å². The minimum Gasteiger partial charge on any atom is -0.370 e. The summed E-state index contributed by atoms with van der Waals surface area (Å²) in [4.78, 5) is 8.72. The van der Waals surface area contributed by atoms with E-state index in [0.29, 0.717) is 5.25 Å². The molecule has 4 nitrogen and oxygen atoms in total. The van der Waals surface area contributed by atoms with Gasteiger partial charge in [0.25, 0.3) is 0 Å². The van der Waals surface area contributed by atoms with Gasteiger partial charge in [-0.05, 0) is 13.3 Å². The number of anilines is 2. The highest BCUT2D eigenvalue weighted by Crippen LogP contribution is 2.25. The summed E-state index contributed by atoms with van der Waals surface area (Å²) in [6, 6.07) is 0. The highest BCUT2D eigenvalue weighted by Gasteiger charge is 2.15. The average molecular weight is 298 g/mol. The number of hydrogen-bond acceptors (Lipinski definition) is 6. The summed E-state index contributed by atoms with van der Waals surface area (Å²) in [7, 11) is 0. The second-order valence-corrected chi connectivity index (χ2v) is 6.94. The monoisotopic (exact) mass is 298 g/mol. The zero-order valence-electron chi connectivity index (χ0n) is 11.6. The molecule has 0 radical (unpaired) electrons. The SMILES string of the molecule is CCNc1ncnc(NCC2CSCCS2)c1CC. The van der Waals surface area contributed by atoms with Crippen molar-refractivity contribution >= 4 is 35.2 Å². The van der Waals surface area contributed by atoms with Gasteiger partial charge in [-0.2, -0.15) is 23.5 Å². The smallest absolute Gasteiger partial charge is 0.134 e. The standard InChI is InChI=1S/C13H22N4S2/c1-3-11-12(14-4-2)16-9-17-13(11)15-7-10-8-18-5-6-19-10/h9-10H,3-8H2,1-2H3,(H2,14,15,16,17). The summed E-state index contributed by atoms with van der Waals surface area (Å²) in [5.74, 6) is 5.76. The first-order valence-electron chi connectivity index (χ1n) is 6.86. The highest BCUT2D eigenvalue weighted by molar-refractivity contribution is 8.06. The van der Waals surface area contributed by atoms with Crippen LogP contribution in [-0.2, 0) is 6.42 Å². The quantitative estimate of drug-likeness (QED) is 0.842. The summed E-state index contributed by atoms with van der Waals surface area (Å²) >= 11 is 4.12. The molecule has 1 aliphatic rings. The van der Waals surface area contributed by atoms with Gasteiger partial charge in [0.15, 0.2) is 0 Å². The van der Waals surface area contributed by atoms with Gasteiger partial charge in [-0.1, -0.05) is 6.92 Å². The van der Waals surface area contributed by atoms with E-state index in [-0.39, 0.29) is 0 Å². The molecule has 1 atom stereocenters. The van der Waals surface area contributed by atoms with Crippen molar-refractivity contribution in [2.24, 2.45) is 0 Å². The van der Waals surface area contributed by atoms with Gasteiger partial charge in [-0.3, -0.25) is 0 Å². The molecule has 1 aromatic rings. The second kappa shape index (κ2) is 7.85.